The third-order valence-electron chi connectivity index (χ3n) is 2.49. The summed E-state index contributed by atoms with van der Waals surface area (Å²) in [6.07, 6.45) is 0.666. The van der Waals surface area contributed by atoms with Crippen LogP contribution in [0.2, 0.25) is 0 Å². The van der Waals surface area contributed by atoms with Crippen LogP contribution in [-0.2, 0) is 11.3 Å². The molecule has 1 aromatic rings. The van der Waals surface area contributed by atoms with Crippen LogP contribution < -0.4 is 11.1 Å². The number of aryl methyl sites for hydroxylation is 1. The highest BCUT2D eigenvalue weighted by molar-refractivity contribution is 5.81. The summed E-state index contributed by atoms with van der Waals surface area (Å²) in [6.45, 7) is 4.48. The monoisotopic (exact) mass is 206 g/mol. The predicted octanol–water partition coefficient (Wildman–Crippen LogP) is 1.35. The van der Waals surface area contributed by atoms with E-state index in [-0.39, 0.29) is 5.91 Å². The van der Waals surface area contributed by atoms with E-state index in [0.29, 0.717) is 13.0 Å². The third kappa shape index (κ3) is 3.36. The fourth-order valence-electron chi connectivity index (χ4n) is 1.31. The molecule has 0 aliphatic heterocycles. The van der Waals surface area contributed by atoms with Gasteiger partial charge < -0.3 is 11.1 Å². The molecule has 0 unspecified atom stereocenters. The van der Waals surface area contributed by atoms with Crippen molar-refractivity contribution < 1.29 is 4.79 Å². The van der Waals surface area contributed by atoms with Gasteiger partial charge in [-0.3, -0.25) is 4.79 Å². The first-order valence-corrected chi connectivity index (χ1v) is 5.23. The summed E-state index contributed by atoms with van der Waals surface area (Å²) in [5, 5.41) is 2.83. The molecule has 1 atom stereocenters. The maximum Gasteiger partial charge on any atom is 0.237 e. The van der Waals surface area contributed by atoms with Gasteiger partial charge in [-0.1, -0.05) is 31.2 Å². The lowest BCUT2D eigenvalue weighted by molar-refractivity contribution is -0.122. The zero-order chi connectivity index (χ0) is 11.3. The van der Waals surface area contributed by atoms with Gasteiger partial charge in [0, 0.05) is 6.54 Å². The molecule has 0 bridgehead atoms. The fraction of sp³-hybridized carbons (Fsp3) is 0.417. The zero-order valence-corrected chi connectivity index (χ0v) is 9.29. The van der Waals surface area contributed by atoms with Crippen molar-refractivity contribution in [1.82, 2.24) is 5.32 Å². The van der Waals surface area contributed by atoms with Gasteiger partial charge in [-0.2, -0.15) is 0 Å². The standard InChI is InChI=1S/C12H18N2O/c1-3-11(13)12(15)14-8-10-7-5-4-6-9(10)2/h4-7,11H,3,8,13H2,1-2H3,(H,14,15)/t11-/m1/s1. The molecule has 3 N–H and O–H groups in total. The number of rotatable bonds is 4. The number of carbonyl (C=O) groups excluding carboxylic acids is 1. The quantitative estimate of drug-likeness (QED) is 0.781. The van der Waals surface area contributed by atoms with Gasteiger partial charge in [0.15, 0.2) is 0 Å². The molecule has 1 rings (SSSR count). The molecule has 0 radical (unpaired) electrons. The van der Waals surface area contributed by atoms with E-state index in [9.17, 15) is 4.79 Å². The van der Waals surface area contributed by atoms with E-state index < -0.39 is 6.04 Å². The minimum absolute atomic E-state index is 0.0826. The Morgan fingerprint density at radius 3 is 2.73 bits per heavy atom. The minimum Gasteiger partial charge on any atom is -0.351 e. The molecule has 0 fully saturated rings. The average Bonchev–Trinajstić information content (AvgIpc) is 2.26. The molecule has 0 saturated heterocycles. The summed E-state index contributed by atoms with van der Waals surface area (Å²) in [6, 6.07) is 7.59. The van der Waals surface area contributed by atoms with Crippen molar-refractivity contribution in [1.29, 1.82) is 0 Å². The lowest BCUT2D eigenvalue weighted by atomic mass is 10.1. The molecular formula is C12H18N2O. The first kappa shape index (κ1) is 11.7. The molecular weight excluding hydrogens is 188 g/mol. The summed E-state index contributed by atoms with van der Waals surface area (Å²) >= 11 is 0. The third-order valence-corrected chi connectivity index (χ3v) is 2.49. The molecule has 1 amide bonds. The number of nitrogens with one attached hydrogen (secondary N) is 1. The molecule has 0 heterocycles. The van der Waals surface area contributed by atoms with Gasteiger partial charge >= 0.3 is 0 Å². The average molecular weight is 206 g/mol. The van der Waals surface area contributed by atoms with Crippen LogP contribution in [0, 0.1) is 6.92 Å². The molecule has 15 heavy (non-hydrogen) atoms. The highest BCUT2D eigenvalue weighted by Crippen LogP contribution is 2.06. The van der Waals surface area contributed by atoms with E-state index >= 15 is 0 Å². The summed E-state index contributed by atoms with van der Waals surface area (Å²) < 4.78 is 0. The van der Waals surface area contributed by atoms with Crippen molar-refractivity contribution in [3.05, 3.63) is 35.4 Å². The number of carbonyl (C=O) groups is 1. The van der Waals surface area contributed by atoms with E-state index in [4.69, 9.17) is 5.73 Å². The Balaban J connectivity index is 2.51. The van der Waals surface area contributed by atoms with Crippen molar-refractivity contribution in [2.24, 2.45) is 5.73 Å². The lowest BCUT2D eigenvalue weighted by Gasteiger charge is -2.11. The second kappa shape index (κ2) is 5.51. The second-order valence-electron chi connectivity index (χ2n) is 3.66. The largest absolute Gasteiger partial charge is 0.351 e. The van der Waals surface area contributed by atoms with E-state index in [0.717, 1.165) is 5.56 Å². The summed E-state index contributed by atoms with van der Waals surface area (Å²) in [7, 11) is 0. The molecule has 0 aromatic heterocycles. The highest BCUT2D eigenvalue weighted by atomic mass is 16.2. The number of hydrogen-bond acceptors (Lipinski definition) is 2. The summed E-state index contributed by atoms with van der Waals surface area (Å²) in [5.74, 6) is -0.0826. The SMILES string of the molecule is CC[C@@H](N)C(=O)NCc1ccccc1C. The Labute approximate surface area is 90.7 Å². The van der Waals surface area contributed by atoms with E-state index in [1.54, 1.807) is 0 Å². The number of benzene rings is 1. The van der Waals surface area contributed by atoms with Gasteiger partial charge in [0.1, 0.15) is 0 Å². The summed E-state index contributed by atoms with van der Waals surface area (Å²) in [4.78, 5) is 11.4. The molecule has 82 valence electrons. The van der Waals surface area contributed by atoms with Crippen LogP contribution >= 0.6 is 0 Å². The van der Waals surface area contributed by atoms with Crippen molar-refractivity contribution >= 4 is 5.91 Å². The van der Waals surface area contributed by atoms with Crippen LogP contribution in [0.4, 0.5) is 0 Å². The fourth-order valence-corrected chi connectivity index (χ4v) is 1.31. The lowest BCUT2D eigenvalue weighted by Crippen LogP contribution is -2.39. The number of nitrogens with two attached hydrogens (primary N) is 1. The van der Waals surface area contributed by atoms with Crippen molar-refractivity contribution in [2.75, 3.05) is 0 Å². The number of amides is 1. The van der Waals surface area contributed by atoms with E-state index in [2.05, 4.69) is 5.32 Å². The topological polar surface area (TPSA) is 55.1 Å². The van der Waals surface area contributed by atoms with Crippen molar-refractivity contribution in [2.45, 2.75) is 32.9 Å². The molecule has 1 aromatic carbocycles. The second-order valence-corrected chi connectivity index (χ2v) is 3.66. The maximum atomic E-state index is 11.4. The van der Waals surface area contributed by atoms with Gasteiger partial charge in [0.2, 0.25) is 5.91 Å². The van der Waals surface area contributed by atoms with Crippen LogP contribution in [0.1, 0.15) is 24.5 Å². The van der Waals surface area contributed by atoms with Gasteiger partial charge in [0.25, 0.3) is 0 Å². The van der Waals surface area contributed by atoms with E-state index in [1.165, 1.54) is 5.56 Å². The Morgan fingerprint density at radius 2 is 2.13 bits per heavy atom. The maximum absolute atomic E-state index is 11.4. The molecule has 0 saturated carbocycles. The van der Waals surface area contributed by atoms with Crippen LogP contribution in [0.3, 0.4) is 0 Å². The van der Waals surface area contributed by atoms with Crippen molar-refractivity contribution in [3.63, 3.8) is 0 Å². The van der Waals surface area contributed by atoms with Gasteiger partial charge in [0.05, 0.1) is 6.04 Å². The number of hydrogen-bond donors (Lipinski definition) is 2. The Hall–Kier alpha value is -1.35. The van der Waals surface area contributed by atoms with Crippen LogP contribution in [-0.4, -0.2) is 11.9 Å². The molecule has 3 nitrogen and oxygen atoms in total. The van der Waals surface area contributed by atoms with Gasteiger partial charge in [-0.05, 0) is 24.5 Å². The Bertz CT molecular complexity index is 336. The van der Waals surface area contributed by atoms with Crippen LogP contribution in [0.25, 0.3) is 0 Å². The smallest absolute Gasteiger partial charge is 0.237 e. The van der Waals surface area contributed by atoms with Gasteiger partial charge in [-0.25, -0.2) is 0 Å². The molecule has 0 aliphatic rings. The highest BCUT2D eigenvalue weighted by Gasteiger charge is 2.09. The molecule has 3 heteroatoms. The predicted molar refractivity (Wildman–Crippen MR) is 61.3 cm³/mol. The zero-order valence-electron chi connectivity index (χ0n) is 9.29. The minimum atomic E-state index is -0.394. The molecule has 0 spiro atoms. The van der Waals surface area contributed by atoms with Gasteiger partial charge in [-0.15, -0.1) is 0 Å². The Kier molecular flexibility index (Phi) is 4.31. The Morgan fingerprint density at radius 1 is 1.47 bits per heavy atom. The normalized spacial score (nSPS) is 12.2. The summed E-state index contributed by atoms with van der Waals surface area (Å²) in [5.41, 5.74) is 7.92. The first-order chi connectivity index (χ1) is 7.15. The molecule has 0 aliphatic carbocycles. The van der Waals surface area contributed by atoms with E-state index in [1.807, 2.05) is 38.1 Å². The first-order valence-electron chi connectivity index (χ1n) is 5.23. The van der Waals surface area contributed by atoms with Crippen molar-refractivity contribution in [3.8, 4) is 0 Å². The van der Waals surface area contributed by atoms with Crippen LogP contribution in [0.15, 0.2) is 24.3 Å². The van der Waals surface area contributed by atoms with Crippen LogP contribution in [0.5, 0.6) is 0 Å².